The number of carbonyl (C=O) groups excluding carboxylic acids is 2. The first-order valence-electron chi connectivity index (χ1n) is 11.3. The van der Waals surface area contributed by atoms with E-state index in [4.69, 9.17) is 23.2 Å². The summed E-state index contributed by atoms with van der Waals surface area (Å²) in [6, 6.07) is 8.07. The Balaban J connectivity index is 2.07. The summed E-state index contributed by atoms with van der Waals surface area (Å²) in [7, 11) is 0. The van der Waals surface area contributed by atoms with Crippen LogP contribution < -0.4 is 10.6 Å². The summed E-state index contributed by atoms with van der Waals surface area (Å²) in [5.74, 6) is -0.649. The number of benzene rings is 1. The fourth-order valence-electron chi connectivity index (χ4n) is 3.44. The molecule has 0 aliphatic carbocycles. The fraction of sp³-hybridized carbons (Fsp3) is 0.280. The van der Waals surface area contributed by atoms with Gasteiger partial charge in [-0.2, -0.15) is 20.4 Å². The van der Waals surface area contributed by atoms with Crippen molar-refractivity contribution in [2.45, 2.75) is 46.7 Å². The lowest BCUT2D eigenvalue weighted by Crippen LogP contribution is -2.41. The van der Waals surface area contributed by atoms with Crippen LogP contribution in [0.1, 0.15) is 59.8 Å². The van der Waals surface area contributed by atoms with E-state index < -0.39 is 11.4 Å². The van der Waals surface area contributed by atoms with Gasteiger partial charge in [0.25, 0.3) is 11.8 Å². The highest BCUT2D eigenvalue weighted by Crippen LogP contribution is 2.28. The average molecular weight is 543 g/mol. The molecule has 0 bridgehead atoms. The molecule has 194 valence electrons. The summed E-state index contributed by atoms with van der Waals surface area (Å²) < 4.78 is 1.34. The molecule has 0 aliphatic heterocycles. The molecular weight excluding hydrogens is 515 g/mol. The van der Waals surface area contributed by atoms with Crippen molar-refractivity contribution in [3.63, 3.8) is 0 Å². The highest BCUT2D eigenvalue weighted by molar-refractivity contribution is 6.32. The third kappa shape index (κ3) is 6.93. The second kappa shape index (κ2) is 11.5. The second-order valence-corrected chi connectivity index (χ2v) is 9.93. The molecule has 12 heteroatoms. The van der Waals surface area contributed by atoms with Gasteiger partial charge in [0.1, 0.15) is 12.2 Å². The minimum Gasteiger partial charge on any atom is -0.347 e. The van der Waals surface area contributed by atoms with Crippen molar-refractivity contribution in [1.29, 1.82) is 0 Å². The highest BCUT2D eigenvalue weighted by atomic mass is 35.5. The monoisotopic (exact) mass is 542 g/mol. The van der Waals surface area contributed by atoms with E-state index in [0.717, 1.165) is 0 Å². The van der Waals surface area contributed by atoms with Gasteiger partial charge >= 0.3 is 0 Å². The smallest absolute Gasteiger partial charge is 0.274 e. The maximum Gasteiger partial charge on any atom is 0.274 e. The number of aryl methyl sites for hydroxylation is 1. The minimum absolute atomic E-state index is 0.136. The molecule has 2 N–H and O–H groups in total. The number of rotatable bonds is 8. The number of halogens is 2. The molecule has 2 heterocycles. The molecule has 3 aromatic rings. The van der Waals surface area contributed by atoms with Crippen LogP contribution in [-0.2, 0) is 6.54 Å². The SMILES string of the molecule is C=NN(Cc1cc(C(=O)Nc2c(C)cc(Cl)cc2C(=O)NC(C)(C)C)n(-c2ncccc2Cl)n1)/N=C\C. The van der Waals surface area contributed by atoms with E-state index in [9.17, 15) is 9.59 Å². The van der Waals surface area contributed by atoms with E-state index in [2.05, 4.69) is 37.6 Å². The van der Waals surface area contributed by atoms with Crippen LogP contribution in [0.3, 0.4) is 0 Å². The fourth-order valence-corrected chi connectivity index (χ4v) is 3.92. The molecule has 0 fully saturated rings. The summed E-state index contributed by atoms with van der Waals surface area (Å²) in [5.41, 5.74) is 1.27. The zero-order chi connectivity index (χ0) is 27.3. The zero-order valence-electron chi connectivity index (χ0n) is 21.2. The van der Waals surface area contributed by atoms with Gasteiger partial charge in [0, 0.05) is 29.7 Å². The lowest BCUT2D eigenvalue weighted by molar-refractivity contribution is 0.0920. The van der Waals surface area contributed by atoms with Crippen molar-refractivity contribution in [2.24, 2.45) is 10.2 Å². The van der Waals surface area contributed by atoms with Crippen LogP contribution >= 0.6 is 23.2 Å². The number of anilines is 1. The number of hydrogen-bond acceptors (Lipinski definition) is 7. The zero-order valence-corrected chi connectivity index (χ0v) is 22.7. The number of hydrazone groups is 2. The molecule has 0 atom stereocenters. The molecule has 2 amide bonds. The van der Waals surface area contributed by atoms with Gasteiger partial charge in [0.05, 0.1) is 22.0 Å². The van der Waals surface area contributed by atoms with Crippen molar-refractivity contribution in [2.75, 3.05) is 5.32 Å². The Labute approximate surface area is 225 Å². The Morgan fingerprint density at radius 1 is 1.22 bits per heavy atom. The predicted octanol–water partition coefficient (Wildman–Crippen LogP) is 5.09. The Morgan fingerprint density at radius 2 is 1.95 bits per heavy atom. The van der Waals surface area contributed by atoms with Crippen LogP contribution in [0.25, 0.3) is 5.82 Å². The molecule has 0 radical (unpaired) electrons. The Morgan fingerprint density at radius 3 is 2.57 bits per heavy atom. The highest BCUT2D eigenvalue weighted by Gasteiger charge is 2.24. The Bertz CT molecular complexity index is 1360. The average Bonchev–Trinajstić information content (AvgIpc) is 3.23. The third-order valence-corrected chi connectivity index (χ3v) is 5.43. The Hall–Kier alpha value is -3.76. The molecule has 2 aromatic heterocycles. The molecule has 3 rings (SSSR count). The molecular formula is C25H28Cl2N8O2. The van der Waals surface area contributed by atoms with Crippen molar-refractivity contribution in [1.82, 2.24) is 25.2 Å². The number of nitrogens with one attached hydrogen (secondary N) is 2. The van der Waals surface area contributed by atoms with E-state index in [1.807, 2.05) is 20.8 Å². The van der Waals surface area contributed by atoms with E-state index in [0.29, 0.717) is 27.0 Å². The van der Waals surface area contributed by atoms with E-state index in [1.165, 1.54) is 15.9 Å². The summed E-state index contributed by atoms with van der Waals surface area (Å²) in [6.07, 6.45) is 3.10. The van der Waals surface area contributed by atoms with E-state index >= 15 is 0 Å². The quantitative estimate of drug-likeness (QED) is 0.303. The number of amides is 2. The van der Waals surface area contributed by atoms with Gasteiger partial charge in [-0.25, -0.2) is 9.67 Å². The summed E-state index contributed by atoms with van der Waals surface area (Å²) >= 11 is 12.6. The summed E-state index contributed by atoms with van der Waals surface area (Å²) in [4.78, 5) is 31.0. The summed E-state index contributed by atoms with van der Waals surface area (Å²) in [6.45, 7) is 12.7. The van der Waals surface area contributed by atoms with Crippen molar-refractivity contribution < 1.29 is 9.59 Å². The van der Waals surface area contributed by atoms with Crippen LogP contribution in [0, 0.1) is 6.92 Å². The molecule has 0 saturated carbocycles. The van der Waals surface area contributed by atoms with Crippen LogP contribution in [0.2, 0.25) is 10.0 Å². The number of carbonyl (C=O) groups is 2. The number of aromatic nitrogens is 3. The maximum atomic E-state index is 13.6. The standard InChI is InChI=1S/C25H28Cl2N8O2/c1-7-30-34(28-6)14-17-13-20(35(33-17)22-19(27)9-8-10-29-22)24(37)31-21-15(2)11-16(26)12-18(21)23(36)32-25(3,4)5/h7-13H,6,14H2,1-5H3,(H,31,37)(H,32,36)/b30-7-. The van der Waals surface area contributed by atoms with Gasteiger partial charge in [-0.05, 0) is 70.5 Å². The molecule has 37 heavy (non-hydrogen) atoms. The molecule has 0 saturated heterocycles. The third-order valence-electron chi connectivity index (χ3n) is 4.92. The first-order chi connectivity index (χ1) is 17.4. The molecule has 1 aromatic carbocycles. The van der Waals surface area contributed by atoms with Gasteiger partial charge in [-0.15, -0.1) is 0 Å². The normalized spacial score (nSPS) is 11.4. The largest absolute Gasteiger partial charge is 0.347 e. The van der Waals surface area contributed by atoms with E-state index in [1.54, 1.807) is 50.5 Å². The summed E-state index contributed by atoms with van der Waals surface area (Å²) in [5, 5.41) is 20.2. The first-order valence-corrected chi connectivity index (χ1v) is 12.1. The second-order valence-electron chi connectivity index (χ2n) is 9.09. The lowest BCUT2D eigenvalue weighted by Gasteiger charge is -2.22. The number of hydrogen-bond donors (Lipinski definition) is 2. The van der Waals surface area contributed by atoms with E-state index in [-0.39, 0.29) is 29.5 Å². The van der Waals surface area contributed by atoms with Crippen LogP contribution in [0.5, 0.6) is 0 Å². The van der Waals surface area contributed by atoms with Crippen LogP contribution in [0.15, 0.2) is 46.7 Å². The number of pyridine rings is 1. The molecule has 10 nitrogen and oxygen atoms in total. The predicted molar refractivity (Wildman–Crippen MR) is 147 cm³/mol. The van der Waals surface area contributed by atoms with Crippen molar-refractivity contribution in [3.05, 3.63) is 69.1 Å². The van der Waals surface area contributed by atoms with Crippen molar-refractivity contribution in [3.8, 4) is 5.82 Å². The van der Waals surface area contributed by atoms with Gasteiger partial charge < -0.3 is 10.6 Å². The number of nitrogens with zero attached hydrogens (tertiary/aromatic N) is 6. The minimum atomic E-state index is -0.534. The van der Waals surface area contributed by atoms with Crippen LogP contribution in [-0.4, -0.2) is 50.2 Å². The first kappa shape index (κ1) is 27.8. The van der Waals surface area contributed by atoms with Gasteiger partial charge in [-0.3, -0.25) is 9.59 Å². The van der Waals surface area contributed by atoms with Crippen molar-refractivity contribution >= 4 is 53.6 Å². The van der Waals surface area contributed by atoms with Gasteiger partial charge in [-0.1, -0.05) is 23.2 Å². The Kier molecular flexibility index (Phi) is 8.67. The molecule has 0 aliphatic rings. The lowest BCUT2D eigenvalue weighted by atomic mass is 10.0. The topological polar surface area (TPSA) is 117 Å². The van der Waals surface area contributed by atoms with Gasteiger partial charge in [0.2, 0.25) is 0 Å². The maximum absolute atomic E-state index is 13.6. The molecule has 0 spiro atoms. The van der Waals surface area contributed by atoms with Gasteiger partial charge in [0.15, 0.2) is 5.82 Å². The van der Waals surface area contributed by atoms with Crippen LogP contribution in [0.4, 0.5) is 5.69 Å². The molecule has 0 unspecified atom stereocenters.